The number of aromatic nitrogens is 4. The van der Waals surface area contributed by atoms with Crippen LogP contribution in [0.25, 0.3) is 10.9 Å². The molecule has 33 heavy (non-hydrogen) atoms. The number of hydrogen-bond acceptors (Lipinski definition) is 6. The number of nitrogens with zero attached hydrogens (tertiary/aromatic N) is 5. The summed E-state index contributed by atoms with van der Waals surface area (Å²) < 4.78 is 4.32. The van der Waals surface area contributed by atoms with Crippen LogP contribution in [-0.2, 0) is 26.6 Å². The van der Waals surface area contributed by atoms with Crippen LogP contribution in [0.2, 0.25) is 0 Å². The summed E-state index contributed by atoms with van der Waals surface area (Å²) in [5.41, 5.74) is 6.28. The lowest BCUT2D eigenvalue weighted by Gasteiger charge is -2.27. The Hall–Kier alpha value is -3.23. The van der Waals surface area contributed by atoms with Gasteiger partial charge in [-0.15, -0.1) is 0 Å². The smallest absolute Gasteiger partial charge is 0.268 e. The monoisotopic (exact) mass is 458 g/mol. The first-order valence-electron chi connectivity index (χ1n) is 11.0. The van der Waals surface area contributed by atoms with Crippen LogP contribution in [0, 0.1) is 13.8 Å². The van der Waals surface area contributed by atoms with Crippen molar-refractivity contribution in [2.45, 2.75) is 38.3 Å². The Bertz CT molecular complexity index is 1350. The van der Waals surface area contributed by atoms with Crippen molar-refractivity contribution < 1.29 is 4.79 Å². The van der Waals surface area contributed by atoms with Crippen LogP contribution in [0.3, 0.4) is 0 Å². The van der Waals surface area contributed by atoms with Crippen LogP contribution in [-0.4, -0.2) is 36.3 Å². The van der Waals surface area contributed by atoms with Gasteiger partial charge in [0.2, 0.25) is 0 Å². The molecule has 0 unspecified atom stereocenters. The first kappa shape index (κ1) is 21.6. The van der Waals surface area contributed by atoms with Crippen molar-refractivity contribution in [2.75, 3.05) is 6.54 Å². The van der Waals surface area contributed by atoms with E-state index in [1.54, 1.807) is 11.9 Å². The molecule has 4 aromatic rings. The number of nitrogens with one attached hydrogen (secondary N) is 1. The molecule has 0 saturated heterocycles. The number of aryl methyl sites for hydroxylation is 1. The summed E-state index contributed by atoms with van der Waals surface area (Å²) in [7, 11) is 1.94. The van der Waals surface area contributed by atoms with E-state index in [9.17, 15) is 4.79 Å². The topological polar surface area (TPSA) is 75.9 Å². The maximum Gasteiger partial charge on any atom is 0.268 e. The second kappa shape index (κ2) is 8.96. The van der Waals surface area contributed by atoms with E-state index in [4.69, 9.17) is 0 Å². The summed E-state index contributed by atoms with van der Waals surface area (Å²) in [4.78, 5) is 27.2. The van der Waals surface area contributed by atoms with Gasteiger partial charge in [0.1, 0.15) is 11.5 Å². The molecule has 0 aliphatic carbocycles. The second-order valence-corrected chi connectivity index (χ2v) is 9.48. The van der Waals surface area contributed by atoms with Gasteiger partial charge in [0.25, 0.3) is 5.91 Å². The minimum absolute atomic E-state index is 0.0902. The van der Waals surface area contributed by atoms with Crippen molar-refractivity contribution in [1.82, 2.24) is 29.1 Å². The van der Waals surface area contributed by atoms with Crippen LogP contribution >= 0.6 is 11.9 Å². The molecule has 8 heteroatoms. The van der Waals surface area contributed by atoms with Crippen LogP contribution in [0.5, 0.6) is 0 Å². The predicted molar refractivity (Wildman–Crippen MR) is 130 cm³/mol. The number of amides is 1. The van der Waals surface area contributed by atoms with Crippen LogP contribution in [0.4, 0.5) is 0 Å². The molecule has 5 rings (SSSR count). The molecule has 0 atom stereocenters. The molecule has 1 aliphatic rings. The van der Waals surface area contributed by atoms with Crippen molar-refractivity contribution in [3.05, 3.63) is 82.8 Å². The highest BCUT2D eigenvalue weighted by molar-refractivity contribution is 7.97. The third kappa shape index (κ3) is 4.36. The molecule has 168 valence electrons. The number of rotatable bonds is 5. The van der Waals surface area contributed by atoms with E-state index in [1.165, 1.54) is 11.1 Å². The third-order valence-electron chi connectivity index (χ3n) is 6.21. The van der Waals surface area contributed by atoms with Gasteiger partial charge in [0.15, 0.2) is 0 Å². The number of hydrogen-bond donors (Lipinski definition) is 1. The average Bonchev–Trinajstić information content (AvgIpc) is 3.10. The summed E-state index contributed by atoms with van der Waals surface area (Å²) in [6.45, 7) is 6.20. The molecule has 1 aromatic carbocycles. The Balaban J connectivity index is 1.29. The van der Waals surface area contributed by atoms with E-state index in [0.29, 0.717) is 12.2 Å². The zero-order valence-electron chi connectivity index (χ0n) is 19.0. The number of pyridine rings is 1. The van der Waals surface area contributed by atoms with Crippen LogP contribution < -0.4 is 5.32 Å². The van der Waals surface area contributed by atoms with E-state index in [-0.39, 0.29) is 5.91 Å². The lowest BCUT2D eigenvalue weighted by molar-refractivity contribution is 0.0942. The minimum atomic E-state index is -0.0902. The van der Waals surface area contributed by atoms with Gasteiger partial charge in [-0.05, 0) is 67.1 Å². The molecule has 0 saturated carbocycles. The van der Waals surface area contributed by atoms with Gasteiger partial charge in [-0.3, -0.25) is 9.78 Å². The first-order chi connectivity index (χ1) is 16.0. The molecule has 7 nitrogen and oxygen atoms in total. The number of carbonyl (C=O) groups is 1. The van der Waals surface area contributed by atoms with E-state index >= 15 is 0 Å². The molecular weight excluding hydrogens is 432 g/mol. The molecule has 4 heterocycles. The van der Waals surface area contributed by atoms with Gasteiger partial charge < -0.3 is 9.88 Å². The van der Waals surface area contributed by atoms with Gasteiger partial charge in [0, 0.05) is 61.2 Å². The van der Waals surface area contributed by atoms with Gasteiger partial charge in [-0.2, -0.15) is 0 Å². The number of fused-ring (bicyclic) bond motifs is 2. The minimum Gasteiger partial charge on any atom is -0.347 e. The summed E-state index contributed by atoms with van der Waals surface area (Å²) in [5, 5.41) is 4.04. The van der Waals surface area contributed by atoms with Gasteiger partial charge >= 0.3 is 0 Å². The maximum atomic E-state index is 13.1. The maximum absolute atomic E-state index is 13.1. The number of carbonyl (C=O) groups excluding carboxylic acids is 1. The van der Waals surface area contributed by atoms with E-state index in [2.05, 4.69) is 37.6 Å². The SMILES string of the molecule is Cc1ncc2c(CNC(=O)c3cc(SN4CCc5cnccc5C4)c(C)n3C)cccc2n1. The average molecular weight is 459 g/mol. The molecule has 0 spiro atoms. The van der Waals surface area contributed by atoms with Gasteiger partial charge in [0.05, 0.1) is 5.52 Å². The van der Waals surface area contributed by atoms with Crippen LogP contribution in [0.1, 0.15) is 38.7 Å². The lowest BCUT2D eigenvalue weighted by atomic mass is 10.0. The Morgan fingerprint density at radius 2 is 2.06 bits per heavy atom. The van der Waals surface area contributed by atoms with Crippen molar-refractivity contribution in [3.63, 3.8) is 0 Å². The second-order valence-electron chi connectivity index (χ2n) is 8.34. The van der Waals surface area contributed by atoms with Crippen LogP contribution in [0.15, 0.2) is 53.8 Å². The summed E-state index contributed by atoms with van der Waals surface area (Å²) >= 11 is 1.72. The summed E-state index contributed by atoms with van der Waals surface area (Å²) in [6, 6.07) is 10.0. The highest BCUT2D eigenvalue weighted by atomic mass is 32.2. The van der Waals surface area contributed by atoms with Gasteiger partial charge in [-0.1, -0.05) is 12.1 Å². The van der Waals surface area contributed by atoms with E-state index in [0.717, 1.165) is 52.4 Å². The first-order valence-corrected chi connectivity index (χ1v) is 11.8. The molecule has 1 amide bonds. The Morgan fingerprint density at radius 3 is 2.94 bits per heavy atom. The van der Waals surface area contributed by atoms with Crippen molar-refractivity contribution in [3.8, 4) is 0 Å². The summed E-state index contributed by atoms with van der Waals surface area (Å²) in [5.74, 6) is 0.648. The fraction of sp³-hybridized carbons (Fsp3) is 0.280. The molecular formula is C25H26N6OS. The zero-order valence-corrected chi connectivity index (χ0v) is 19.8. The standard InChI is InChI=1S/C25H26N6OS/c1-16-24(33-31-10-8-18-12-26-9-7-20(18)15-31)11-23(30(16)3)25(32)28-13-19-5-4-6-22-21(19)14-27-17(2)29-22/h4-7,9,11-12,14H,8,10,13,15H2,1-3H3,(H,28,32). The number of benzene rings is 1. The predicted octanol–water partition coefficient (Wildman–Crippen LogP) is 3.98. The Morgan fingerprint density at radius 1 is 1.18 bits per heavy atom. The molecule has 0 bridgehead atoms. The summed E-state index contributed by atoms with van der Waals surface area (Å²) in [6.07, 6.45) is 6.64. The lowest BCUT2D eigenvalue weighted by Crippen LogP contribution is -2.25. The van der Waals surface area contributed by atoms with Crippen molar-refractivity contribution in [2.24, 2.45) is 7.05 Å². The molecule has 1 aliphatic heterocycles. The van der Waals surface area contributed by atoms with Gasteiger partial charge in [-0.25, -0.2) is 14.3 Å². The molecule has 0 radical (unpaired) electrons. The van der Waals surface area contributed by atoms with Crippen molar-refractivity contribution in [1.29, 1.82) is 0 Å². The van der Waals surface area contributed by atoms with E-state index in [1.807, 2.05) is 61.4 Å². The quantitative estimate of drug-likeness (QED) is 0.456. The molecule has 1 N–H and O–H groups in total. The molecule has 0 fully saturated rings. The fourth-order valence-electron chi connectivity index (χ4n) is 4.18. The van der Waals surface area contributed by atoms with Crippen molar-refractivity contribution >= 4 is 28.8 Å². The van der Waals surface area contributed by atoms with E-state index < -0.39 is 0 Å². The normalized spacial score (nSPS) is 13.8. The highest BCUT2D eigenvalue weighted by Gasteiger charge is 2.21. The zero-order chi connectivity index (χ0) is 22.9. The highest BCUT2D eigenvalue weighted by Crippen LogP contribution is 2.32. The fourth-order valence-corrected chi connectivity index (χ4v) is 5.27. The Kier molecular flexibility index (Phi) is 5.86. The third-order valence-corrected chi connectivity index (χ3v) is 7.39. The largest absolute Gasteiger partial charge is 0.347 e. The molecule has 3 aromatic heterocycles. The Labute approximate surface area is 197 Å².